The summed E-state index contributed by atoms with van der Waals surface area (Å²) in [7, 11) is 0. The molecule has 4 heteroatoms. The highest BCUT2D eigenvalue weighted by Crippen LogP contribution is 2.17. The predicted octanol–water partition coefficient (Wildman–Crippen LogP) is 0.710. The SMILES string of the molecule is CCC(CCO)CN1C(=O)C=C(C)C1=O. The summed E-state index contributed by atoms with van der Waals surface area (Å²) < 4.78 is 0. The third-order valence-electron chi connectivity index (χ3n) is 2.74. The minimum atomic E-state index is -0.228. The molecule has 0 radical (unpaired) electrons. The zero-order valence-electron chi connectivity index (χ0n) is 9.19. The number of hydrogen-bond acceptors (Lipinski definition) is 3. The van der Waals surface area contributed by atoms with Gasteiger partial charge in [-0.05, 0) is 19.3 Å². The molecule has 0 spiro atoms. The number of aliphatic hydroxyl groups is 1. The van der Waals surface area contributed by atoms with Crippen LogP contribution in [0.5, 0.6) is 0 Å². The lowest BCUT2D eigenvalue weighted by Gasteiger charge is -2.20. The van der Waals surface area contributed by atoms with Gasteiger partial charge in [0.2, 0.25) is 0 Å². The van der Waals surface area contributed by atoms with Crippen molar-refractivity contribution in [3.05, 3.63) is 11.6 Å². The molecule has 4 nitrogen and oxygen atoms in total. The summed E-state index contributed by atoms with van der Waals surface area (Å²) in [6.07, 6.45) is 2.86. The number of carbonyl (C=O) groups is 2. The van der Waals surface area contributed by atoms with Gasteiger partial charge in [-0.15, -0.1) is 0 Å². The van der Waals surface area contributed by atoms with Crippen molar-refractivity contribution in [1.82, 2.24) is 4.90 Å². The maximum absolute atomic E-state index is 11.5. The highest BCUT2D eigenvalue weighted by molar-refractivity contribution is 6.15. The largest absolute Gasteiger partial charge is 0.396 e. The molecule has 0 aromatic carbocycles. The Kier molecular flexibility index (Phi) is 4.03. The van der Waals surface area contributed by atoms with Gasteiger partial charge < -0.3 is 5.11 Å². The summed E-state index contributed by atoms with van der Waals surface area (Å²) in [5, 5.41) is 8.82. The van der Waals surface area contributed by atoms with E-state index in [1.165, 1.54) is 11.0 Å². The van der Waals surface area contributed by atoms with Crippen LogP contribution in [0.15, 0.2) is 11.6 Å². The standard InChI is InChI=1S/C11H17NO3/c1-3-9(4-5-13)7-12-10(14)6-8(2)11(12)15/h6,9,13H,3-5,7H2,1-2H3. The van der Waals surface area contributed by atoms with Gasteiger partial charge in [-0.3, -0.25) is 14.5 Å². The average molecular weight is 211 g/mol. The van der Waals surface area contributed by atoms with Crippen molar-refractivity contribution < 1.29 is 14.7 Å². The number of aliphatic hydroxyl groups excluding tert-OH is 1. The van der Waals surface area contributed by atoms with Crippen molar-refractivity contribution in [3.63, 3.8) is 0 Å². The van der Waals surface area contributed by atoms with Crippen LogP contribution in [-0.2, 0) is 9.59 Å². The minimum Gasteiger partial charge on any atom is -0.396 e. The first-order valence-corrected chi connectivity index (χ1v) is 5.25. The number of nitrogens with zero attached hydrogens (tertiary/aromatic N) is 1. The Labute approximate surface area is 89.6 Å². The first kappa shape index (κ1) is 11.9. The molecule has 0 bridgehead atoms. The summed E-state index contributed by atoms with van der Waals surface area (Å²) >= 11 is 0. The molecule has 1 aliphatic heterocycles. The van der Waals surface area contributed by atoms with Gasteiger partial charge in [-0.25, -0.2) is 0 Å². The lowest BCUT2D eigenvalue weighted by molar-refractivity contribution is -0.138. The van der Waals surface area contributed by atoms with Gasteiger partial charge in [0.25, 0.3) is 11.8 Å². The highest BCUT2D eigenvalue weighted by Gasteiger charge is 2.29. The van der Waals surface area contributed by atoms with Crippen LogP contribution in [0.1, 0.15) is 26.7 Å². The second-order valence-corrected chi connectivity index (χ2v) is 3.87. The van der Waals surface area contributed by atoms with E-state index in [2.05, 4.69) is 0 Å². The zero-order chi connectivity index (χ0) is 11.4. The molecule has 1 atom stereocenters. The van der Waals surface area contributed by atoms with Crippen LogP contribution in [0.25, 0.3) is 0 Å². The molecule has 1 N–H and O–H groups in total. The molecule has 1 heterocycles. The van der Waals surface area contributed by atoms with Crippen molar-refractivity contribution in [3.8, 4) is 0 Å². The van der Waals surface area contributed by atoms with Crippen LogP contribution in [-0.4, -0.2) is 35.0 Å². The van der Waals surface area contributed by atoms with E-state index in [9.17, 15) is 9.59 Å². The fourth-order valence-corrected chi connectivity index (χ4v) is 1.68. The molecule has 0 aromatic rings. The Bertz CT molecular complexity index is 296. The van der Waals surface area contributed by atoms with Crippen molar-refractivity contribution in [1.29, 1.82) is 0 Å². The lowest BCUT2D eigenvalue weighted by Crippen LogP contribution is -2.35. The average Bonchev–Trinajstić information content (AvgIpc) is 2.44. The minimum absolute atomic E-state index is 0.0984. The van der Waals surface area contributed by atoms with Crippen LogP contribution in [0.2, 0.25) is 0 Å². The van der Waals surface area contributed by atoms with E-state index < -0.39 is 0 Å². The van der Waals surface area contributed by atoms with E-state index in [0.717, 1.165) is 6.42 Å². The summed E-state index contributed by atoms with van der Waals surface area (Å²) in [5.41, 5.74) is 0.499. The van der Waals surface area contributed by atoms with Crippen LogP contribution in [0.3, 0.4) is 0 Å². The molecule has 0 saturated heterocycles. The fraction of sp³-hybridized carbons (Fsp3) is 0.636. The van der Waals surface area contributed by atoms with Gasteiger partial charge in [0.05, 0.1) is 0 Å². The van der Waals surface area contributed by atoms with Gasteiger partial charge >= 0.3 is 0 Å². The molecule has 0 aromatic heterocycles. The molecule has 15 heavy (non-hydrogen) atoms. The van der Waals surface area contributed by atoms with Gasteiger partial charge in [0, 0.05) is 24.8 Å². The predicted molar refractivity (Wildman–Crippen MR) is 56.0 cm³/mol. The first-order valence-electron chi connectivity index (χ1n) is 5.25. The smallest absolute Gasteiger partial charge is 0.256 e. The van der Waals surface area contributed by atoms with E-state index in [0.29, 0.717) is 18.5 Å². The number of imide groups is 1. The summed E-state index contributed by atoms with van der Waals surface area (Å²) in [6.45, 7) is 4.16. The second-order valence-electron chi connectivity index (χ2n) is 3.87. The molecule has 0 saturated carbocycles. The number of carbonyl (C=O) groups excluding carboxylic acids is 2. The van der Waals surface area contributed by atoms with Crippen molar-refractivity contribution in [2.45, 2.75) is 26.7 Å². The van der Waals surface area contributed by atoms with Crippen molar-refractivity contribution in [2.24, 2.45) is 5.92 Å². The molecular formula is C11H17NO3. The zero-order valence-corrected chi connectivity index (χ0v) is 9.19. The van der Waals surface area contributed by atoms with Crippen molar-refractivity contribution >= 4 is 11.8 Å². The van der Waals surface area contributed by atoms with Gasteiger partial charge in [0.1, 0.15) is 0 Å². The van der Waals surface area contributed by atoms with Crippen LogP contribution < -0.4 is 0 Å². The van der Waals surface area contributed by atoms with E-state index in [-0.39, 0.29) is 24.3 Å². The lowest BCUT2D eigenvalue weighted by atomic mass is 10.0. The normalized spacial score (nSPS) is 18.3. The van der Waals surface area contributed by atoms with Gasteiger partial charge in [-0.1, -0.05) is 13.3 Å². The Morgan fingerprint density at radius 1 is 1.47 bits per heavy atom. The summed E-state index contributed by atoms with van der Waals surface area (Å²) in [5.74, 6) is -0.229. The molecule has 0 aliphatic carbocycles. The fourth-order valence-electron chi connectivity index (χ4n) is 1.68. The maximum Gasteiger partial charge on any atom is 0.256 e. The first-order chi connectivity index (χ1) is 7.10. The number of rotatable bonds is 5. The Morgan fingerprint density at radius 2 is 2.13 bits per heavy atom. The molecule has 2 amide bonds. The number of hydrogen-bond donors (Lipinski definition) is 1. The van der Waals surface area contributed by atoms with E-state index in [1.54, 1.807) is 6.92 Å². The van der Waals surface area contributed by atoms with E-state index >= 15 is 0 Å². The second kappa shape index (κ2) is 5.07. The third-order valence-corrected chi connectivity index (χ3v) is 2.74. The Hall–Kier alpha value is -1.16. The van der Waals surface area contributed by atoms with Crippen molar-refractivity contribution in [2.75, 3.05) is 13.2 Å². The van der Waals surface area contributed by atoms with Crippen LogP contribution in [0, 0.1) is 5.92 Å². The third kappa shape index (κ3) is 2.65. The quantitative estimate of drug-likeness (QED) is 0.681. The summed E-state index contributed by atoms with van der Waals surface area (Å²) in [6, 6.07) is 0. The number of amides is 2. The molecule has 1 rings (SSSR count). The maximum atomic E-state index is 11.5. The molecule has 1 unspecified atom stereocenters. The highest BCUT2D eigenvalue weighted by atomic mass is 16.3. The van der Waals surface area contributed by atoms with Gasteiger partial charge in [-0.2, -0.15) is 0 Å². The molecule has 0 fully saturated rings. The monoisotopic (exact) mass is 211 g/mol. The van der Waals surface area contributed by atoms with Crippen LogP contribution >= 0.6 is 0 Å². The summed E-state index contributed by atoms with van der Waals surface area (Å²) in [4.78, 5) is 24.2. The molecular weight excluding hydrogens is 194 g/mol. The van der Waals surface area contributed by atoms with E-state index in [4.69, 9.17) is 5.11 Å². The van der Waals surface area contributed by atoms with E-state index in [1.807, 2.05) is 6.92 Å². The van der Waals surface area contributed by atoms with Gasteiger partial charge in [0.15, 0.2) is 0 Å². The molecule has 84 valence electrons. The Morgan fingerprint density at radius 3 is 2.53 bits per heavy atom. The van der Waals surface area contributed by atoms with Crippen LogP contribution in [0.4, 0.5) is 0 Å². The Balaban J connectivity index is 2.59. The topological polar surface area (TPSA) is 57.6 Å². The molecule has 1 aliphatic rings.